The Bertz CT molecular complexity index is 676. The van der Waals surface area contributed by atoms with Crippen LogP contribution in [0.1, 0.15) is 78.7 Å². The number of anilines is 1. The molecule has 0 amide bonds. The molecule has 4 heteroatoms. The lowest BCUT2D eigenvalue weighted by molar-refractivity contribution is -0.156. The van der Waals surface area contributed by atoms with Crippen molar-refractivity contribution in [2.75, 3.05) is 11.9 Å². The van der Waals surface area contributed by atoms with E-state index in [0.717, 1.165) is 35.8 Å². The zero-order valence-corrected chi connectivity index (χ0v) is 17.7. The first kappa shape index (κ1) is 20.0. The number of ether oxygens (including phenoxy) is 2. The fraction of sp³-hybridized carbons (Fsp3) is 0.696. The van der Waals surface area contributed by atoms with Gasteiger partial charge in [0, 0.05) is 12.2 Å². The van der Waals surface area contributed by atoms with Crippen LogP contribution in [0, 0.1) is 11.3 Å². The molecule has 1 aromatic carbocycles. The van der Waals surface area contributed by atoms with Crippen LogP contribution in [0.5, 0.6) is 5.75 Å². The Balaban J connectivity index is 1.65. The molecular formula is C23H35NO3. The van der Waals surface area contributed by atoms with Crippen LogP contribution in [0.3, 0.4) is 0 Å². The molecule has 0 saturated heterocycles. The molecular weight excluding hydrogens is 338 g/mol. The molecule has 4 nitrogen and oxygen atoms in total. The van der Waals surface area contributed by atoms with Gasteiger partial charge in [-0.05, 0) is 81.5 Å². The van der Waals surface area contributed by atoms with Gasteiger partial charge in [0.2, 0.25) is 0 Å². The number of rotatable bonds is 3. The van der Waals surface area contributed by atoms with Gasteiger partial charge in [0.25, 0.3) is 0 Å². The Morgan fingerprint density at radius 2 is 1.70 bits per heavy atom. The zero-order valence-electron chi connectivity index (χ0n) is 17.7. The van der Waals surface area contributed by atoms with Crippen LogP contribution < -0.4 is 10.1 Å². The molecule has 1 aliphatic heterocycles. The number of nitrogens with one attached hydrogen (secondary N) is 1. The van der Waals surface area contributed by atoms with Crippen LogP contribution in [0.4, 0.5) is 5.69 Å². The van der Waals surface area contributed by atoms with Crippen LogP contribution in [0.2, 0.25) is 0 Å². The first-order valence-corrected chi connectivity index (χ1v) is 10.3. The molecule has 1 N–H and O–H groups in total. The quantitative estimate of drug-likeness (QED) is 0.709. The molecule has 0 radical (unpaired) electrons. The molecule has 2 aliphatic rings. The van der Waals surface area contributed by atoms with Gasteiger partial charge in [0.15, 0.2) is 0 Å². The zero-order chi connectivity index (χ0) is 19.8. The molecule has 0 bridgehead atoms. The topological polar surface area (TPSA) is 47.6 Å². The SMILES string of the molecule is CC(C)(C)OC(=O)C1CNc2ccc(OC3CCC(C(C)(C)C)CC3)cc21. The van der Waals surface area contributed by atoms with Crippen molar-refractivity contribution in [2.45, 2.75) is 84.8 Å². The number of hydrogen-bond acceptors (Lipinski definition) is 4. The summed E-state index contributed by atoms with van der Waals surface area (Å²) in [5.41, 5.74) is 1.91. The highest BCUT2D eigenvalue weighted by molar-refractivity contribution is 5.84. The molecule has 3 rings (SSSR count). The maximum atomic E-state index is 12.6. The van der Waals surface area contributed by atoms with E-state index in [-0.39, 0.29) is 18.0 Å². The average molecular weight is 374 g/mol. The van der Waals surface area contributed by atoms with Gasteiger partial charge in [-0.3, -0.25) is 4.79 Å². The molecule has 27 heavy (non-hydrogen) atoms. The van der Waals surface area contributed by atoms with Crippen LogP contribution in [-0.4, -0.2) is 24.2 Å². The van der Waals surface area contributed by atoms with Gasteiger partial charge in [0.1, 0.15) is 17.3 Å². The summed E-state index contributed by atoms with van der Waals surface area (Å²) in [4.78, 5) is 12.6. The molecule has 1 aromatic rings. The van der Waals surface area contributed by atoms with E-state index in [1.807, 2.05) is 39.0 Å². The van der Waals surface area contributed by atoms with Crippen molar-refractivity contribution in [3.63, 3.8) is 0 Å². The van der Waals surface area contributed by atoms with Crippen molar-refractivity contribution in [2.24, 2.45) is 11.3 Å². The summed E-state index contributed by atoms with van der Waals surface area (Å²) in [6.07, 6.45) is 4.93. The lowest BCUT2D eigenvalue weighted by Crippen LogP contribution is -2.30. The van der Waals surface area contributed by atoms with E-state index in [1.165, 1.54) is 12.8 Å². The predicted octanol–water partition coefficient (Wildman–Crippen LogP) is 5.52. The number of carbonyl (C=O) groups excluding carboxylic acids is 1. The third-order valence-electron chi connectivity index (χ3n) is 5.79. The van der Waals surface area contributed by atoms with E-state index < -0.39 is 5.60 Å². The molecule has 1 unspecified atom stereocenters. The summed E-state index contributed by atoms with van der Waals surface area (Å²) in [5, 5.41) is 3.31. The first-order chi connectivity index (χ1) is 12.5. The summed E-state index contributed by atoms with van der Waals surface area (Å²) >= 11 is 0. The van der Waals surface area contributed by atoms with Gasteiger partial charge in [-0.15, -0.1) is 0 Å². The number of hydrogen-bond donors (Lipinski definition) is 1. The second-order valence-electron chi connectivity index (χ2n) is 10.2. The molecule has 1 atom stereocenters. The van der Waals surface area contributed by atoms with Crippen molar-refractivity contribution in [3.8, 4) is 5.75 Å². The van der Waals surface area contributed by atoms with Gasteiger partial charge >= 0.3 is 5.97 Å². The van der Waals surface area contributed by atoms with Crippen LogP contribution in [0.15, 0.2) is 18.2 Å². The van der Waals surface area contributed by atoms with Gasteiger partial charge in [-0.2, -0.15) is 0 Å². The monoisotopic (exact) mass is 373 g/mol. The minimum absolute atomic E-state index is 0.170. The summed E-state index contributed by atoms with van der Waals surface area (Å²) in [6.45, 7) is 13.3. The van der Waals surface area contributed by atoms with Crippen molar-refractivity contribution in [1.29, 1.82) is 0 Å². The highest BCUT2D eigenvalue weighted by Crippen LogP contribution is 2.40. The normalized spacial score (nSPS) is 25.5. The molecule has 150 valence electrons. The minimum atomic E-state index is -0.473. The fourth-order valence-electron chi connectivity index (χ4n) is 4.21. The lowest BCUT2D eigenvalue weighted by atomic mass is 9.72. The summed E-state index contributed by atoms with van der Waals surface area (Å²) in [6, 6.07) is 6.06. The van der Waals surface area contributed by atoms with Crippen molar-refractivity contribution in [3.05, 3.63) is 23.8 Å². The van der Waals surface area contributed by atoms with Gasteiger partial charge in [0.05, 0.1) is 6.10 Å². The van der Waals surface area contributed by atoms with Crippen molar-refractivity contribution < 1.29 is 14.3 Å². The number of esters is 1. The standard InChI is InChI=1S/C23H35NO3/c1-22(2,3)15-7-9-16(10-8-15)26-17-11-12-20-18(13-17)19(14-24-20)21(25)27-23(4,5)6/h11-13,15-16,19,24H,7-10,14H2,1-6H3. The fourth-order valence-corrected chi connectivity index (χ4v) is 4.21. The van der Waals surface area contributed by atoms with E-state index >= 15 is 0 Å². The number of fused-ring (bicyclic) bond motifs is 1. The largest absolute Gasteiger partial charge is 0.490 e. The van der Waals surface area contributed by atoms with Crippen LogP contribution >= 0.6 is 0 Å². The Morgan fingerprint density at radius 3 is 2.30 bits per heavy atom. The van der Waals surface area contributed by atoms with E-state index in [0.29, 0.717) is 12.0 Å². The summed E-state index contributed by atoms with van der Waals surface area (Å²) < 4.78 is 11.9. The molecule has 1 heterocycles. The third kappa shape index (κ3) is 4.97. The van der Waals surface area contributed by atoms with E-state index in [2.05, 4.69) is 26.1 Å². The smallest absolute Gasteiger partial charge is 0.315 e. The maximum absolute atomic E-state index is 12.6. The molecule has 1 saturated carbocycles. The number of carbonyl (C=O) groups is 1. The Hall–Kier alpha value is -1.71. The highest BCUT2D eigenvalue weighted by atomic mass is 16.6. The molecule has 1 fully saturated rings. The number of benzene rings is 1. The Morgan fingerprint density at radius 1 is 1.04 bits per heavy atom. The first-order valence-electron chi connectivity index (χ1n) is 10.3. The molecule has 1 aliphatic carbocycles. The van der Waals surface area contributed by atoms with Gasteiger partial charge in [-0.1, -0.05) is 20.8 Å². The van der Waals surface area contributed by atoms with Crippen LogP contribution in [-0.2, 0) is 9.53 Å². The predicted molar refractivity (Wildman–Crippen MR) is 109 cm³/mol. The second-order valence-corrected chi connectivity index (χ2v) is 10.2. The Labute approximate surface area is 164 Å². The lowest BCUT2D eigenvalue weighted by Gasteiger charge is -2.37. The van der Waals surface area contributed by atoms with Gasteiger partial charge < -0.3 is 14.8 Å². The molecule has 0 aromatic heterocycles. The average Bonchev–Trinajstić information content (AvgIpc) is 2.96. The van der Waals surface area contributed by atoms with Crippen molar-refractivity contribution >= 4 is 11.7 Å². The maximum Gasteiger partial charge on any atom is 0.315 e. The summed E-state index contributed by atoms with van der Waals surface area (Å²) in [5.74, 6) is 1.21. The third-order valence-corrected chi connectivity index (χ3v) is 5.79. The van der Waals surface area contributed by atoms with E-state index in [9.17, 15) is 4.79 Å². The van der Waals surface area contributed by atoms with E-state index in [1.54, 1.807) is 0 Å². The van der Waals surface area contributed by atoms with Crippen molar-refractivity contribution in [1.82, 2.24) is 0 Å². The minimum Gasteiger partial charge on any atom is -0.490 e. The summed E-state index contributed by atoms with van der Waals surface area (Å²) in [7, 11) is 0. The van der Waals surface area contributed by atoms with Gasteiger partial charge in [-0.25, -0.2) is 0 Å². The van der Waals surface area contributed by atoms with Crippen LogP contribution in [0.25, 0.3) is 0 Å². The highest BCUT2D eigenvalue weighted by Gasteiger charge is 2.34. The molecule has 0 spiro atoms. The van der Waals surface area contributed by atoms with E-state index in [4.69, 9.17) is 9.47 Å². The second kappa shape index (κ2) is 7.37. The Kier molecular flexibility index (Phi) is 5.47.